The molecule has 0 aromatic heterocycles. The van der Waals surface area contributed by atoms with Crippen LogP contribution in [0.1, 0.15) is 316 Å². The molecule has 0 radical (unpaired) electrons. The molecule has 0 fully saturated rings. The van der Waals surface area contributed by atoms with Crippen molar-refractivity contribution in [3.8, 4) is 0 Å². The summed E-state index contributed by atoms with van der Waals surface area (Å²) >= 11 is 0. The summed E-state index contributed by atoms with van der Waals surface area (Å²) in [4.78, 5) is 24.5. The summed E-state index contributed by atoms with van der Waals surface area (Å²) in [6.45, 7) is 4.04. The molecule has 0 aromatic rings. The molecule has 1 unspecified atom stereocenters. The molecule has 0 aliphatic heterocycles. The van der Waals surface area contributed by atoms with Crippen molar-refractivity contribution >= 4 is 11.9 Å². The predicted octanol–water partition coefficient (Wildman–Crippen LogP) is 21.1. The summed E-state index contributed by atoms with van der Waals surface area (Å²) in [6.07, 6.45) is 84.8. The normalized spacial score (nSPS) is 12.7. The third-order valence-corrected chi connectivity index (χ3v) is 13.8. The molecule has 1 N–H and O–H groups in total. The number of hydrogen-bond acceptors (Lipinski definition) is 5. The van der Waals surface area contributed by atoms with Crippen LogP contribution in [0.2, 0.25) is 0 Å². The molecule has 0 aliphatic carbocycles. The highest BCUT2D eigenvalue weighted by molar-refractivity contribution is 5.70. The maximum Gasteiger partial charge on any atom is 0.306 e. The number of carbonyl (C=O) groups is 2. The van der Waals surface area contributed by atoms with Crippen molar-refractivity contribution in [2.75, 3.05) is 13.2 Å². The van der Waals surface area contributed by atoms with Crippen LogP contribution in [0.5, 0.6) is 0 Å². The van der Waals surface area contributed by atoms with E-state index in [4.69, 9.17) is 9.47 Å². The van der Waals surface area contributed by atoms with Gasteiger partial charge in [0.2, 0.25) is 0 Å². The van der Waals surface area contributed by atoms with E-state index in [9.17, 15) is 14.7 Å². The quantitative estimate of drug-likeness (QED) is 0.0373. The minimum Gasteiger partial charge on any atom is -0.462 e. The Hall–Kier alpha value is -2.66. The van der Waals surface area contributed by atoms with E-state index >= 15 is 0 Å². The summed E-state index contributed by atoms with van der Waals surface area (Å²) in [7, 11) is 0. The highest BCUT2D eigenvalue weighted by Gasteiger charge is 2.16. The molecule has 0 heterocycles. The highest BCUT2D eigenvalue weighted by atomic mass is 16.6. The average Bonchev–Trinajstić information content (AvgIpc) is 3.37. The van der Waals surface area contributed by atoms with Gasteiger partial charge in [0.1, 0.15) is 6.61 Å². The minimum absolute atomic E-state index is 0.0767. The van der Waals surface area contributed by atoms with Gasteiger partial charge in [-0.15, -0.1) is 0 Å². The van der Waals surface area contributed by atoms with Gasteiger partial charge in [-0.3, -0.25) is 9.59 Å². The van der Waals surface area contributed by atoms with Gasteiger partial charge in [0, 0.05) is 12.8 Å². The zero-order valence-electron chi connectivity index (χ0n) is 47.2. The van der Waals surface area contributed by atoms with Crippen LogP contribution in [-0.2, 0) is 19.1 Å². The molecule has 1 atom stereocenters. The van der Waals surface area contributed by atoms with E-state index < -0.39 is 6.10 Å². The lowest BCUT2D eigenvalue weighted by atomic mass is 10.0. The van der Waals surface area contributed by atoms with Crippen LogP contribution in [0, 0.1) is 0 Å². The van der Waals surface area contributed by atoms with E-state index in [0.717, 1.165) is 89.9 Å². The first-order chi connectivity index (χ1) is 35.1. The van der Waals surface area contributed by atoms with E-state index in [0.29, 0.717) is 12.8 Å². The summed E-state index contributed by atoms with van der Waals surface area (Å²) in [6, 6.07) is 0. The van der Waals surface area contributed by atoms with Crippen molar-refractivity contribution in [3.63, 3.8) is 0 Å². The standard InChI is InChI=1S/C66H118O5/c1-3-5-7-9-11-13-15-17-19-21-23-25-27-28-29-30-31-32-33-34-35-36-37-39-40-42-44-46-48-50-52-54-56-58-60-65(68)70-63-64(62-67)71-66(69)61-59-57-55-53-51-49-47-45-43-41-38-26-24-22-20-18-16-14-12-10-8-6-4-2/h6,8,12,14,18,20,24,26,41,43,47,49,64,67H,3-5,7,9-11,13,15-17,19,21-23,25,27-40,42,44-46,48,50-63H2,1-2H3/b8-6-,14-12-,20-18-,26-24-,43-41-,49-47-. The van der Waals surface area contributed by atoms with Crippen LogP contribution in [0.25, 0.3) is 0 Å². The molecule has 5 heteroatoms. The minimum atomic E-state index is -0.789. The lowest BCUT2D eigenvalue weighted by Gasteiger charge is -2.15. The number of ether oxygens (including phenoxy) is 2. The first-order valence-corrected chi connectivity index (χ1v) is 31.0. The summed E-state index contributed by atoms with van der Waals surface area (Å²) in [5.74, 6) is -0.610. The molecule has 0 saturated carbocycles. The van der Waals surface area contributed by atoms with E-state index in [1.54, 1.807) is 0 Å². The van der Waals surface area contributed by atoms with Crippen LogP contribution in [0.3, 0.4) is 0 Å². The topological polar surface area (TPSA) is 72.8 Å². The molecular weight excluding hydrogens is 873 g/mol. The largest absolute Gasteiger partial charge is 0.462 e. The molecule has 0 aromatic carbocycles. The predicted molar refractivity (Wildman–Crippen MR) is 311 cm³/mol. The summed E-state index contributed by atoms with van der Waals surface area (Å²) in [5.41, 5.74) is 0. The number of carbonyl (C=O) groups excluding carboxylic acids is 2. The van der Waals surface area contributed by atoms with Crippen molar-refractivity contribution in [1.29, 1.82) is 0 Å². The number of aliphatic hydroxyl groups excluding tert-OH is 1. The van der Waals surface area contributed by atoms with E-state index in [1.165, 1.54) is 199 Å². The Bertz CT molecular complexity index is 1260. The Morgan fingerprint density at radius 2 is 0.606 bits per heavy atom. The maximum atomic E-state index is 12.3. The molecule has 0 saturated heterocycles. The molecular formula is C66H118O5. The number of rotatable bonds is 57. The SMILES string of the molecule is CC/C=C\C/C=C\C/C=C\C/C=C\C/C=C\C/C=C\CCCCCCC(=O)OC(CO)COC(=O)CCCCCCCCCCCCCCCCCCCCCCCCCCCCCCCCCCCC. The average molecular weight is 992 g/mol. The van der Waals surface area contributed by atoms with Gasteiger partial charge in [-0.05, 0) is 64.2 Å². The van der Waals surface area contributed by atoms with Gasteiger partial charge in [-0.2, -0.15) is 0 Å². The summed E-state index contributed by atoms with van der Waals surface area (Å²) < 4.78 is 10.7. The molecule has 0 aliphatic rings. The Morgan fingerprint density at radius 1 is 0.338 bits per heavy atom. The molecule has 412 valence electrons. The number of unbranched alkanes of at least 4 members (excludes halogenated alkanes) is 37. The van der Waals surface area contributed by atoms with Crippen LogP contribution in [-0.4, -0.2) is 36.4 Å². The van der Waals surface area contributed by atoms with Crippen molar-refractivity contribution in [2.24, 2.45) is 0 Å². The van der Waals surface area contributed by atoms with Gasteiger partial charge in [-0.25, -0.2) is 0 Å². The molecule has 5 nitrogen and oxygen atoms in total. The fourth-order valence-corrected chi connectivity index (χ4v) is 9.15. The van der Waals surface area contributed by atoms with Crippen LogP contribution < -0.4 is 0 Å². The summed E-state index contributed by atoms with van der Waals surface area (Å²) in [5, 5.41) is 9.66. The number of aliphatic hydroxyl groups is 1. The Balaban J connectivity index is 3.45. The Labute approximate surface area is 442 Å². The van der Waals surface area contributed by atoms with Gasteiger partial charge < -0.3 is 14.6 Å². The third kappa shape index (κ3) is 59.8. The molecule has 0 spiro atoms. The molecule has 0 amide bonds. The third-order valence-electron chi connectivity index (χ3n) is 13.8. The smallest absolute Gasteiger partial charge is 0.306 e. The first kappa shape index (κ1) is 68.3. The van der Waals surface area contributed by atoms with Crippen molar-refractivity contribution < 1.29 is 24.2 Å². The number of hydrogen-bond donors (Lipinski definition) is 1. The fraction of sp³-hybridized carbons (Fsp3) is 0.788. The number of allylic oxidation sites excluding steroid dienone is 12. The lowest BCUT2D eigenvalue weighted by molar-refractivity contribution is -0.161. The van der Waals surface area contributed by atoms with Gasteiger partial charge >= 0.3 is 11.9 Å². The van der Waals surface area contributed by atoms with Crippen molar-refractivity contribution in [2.45, 2.75) is 322 Å². The van der Waals surface area contributed by atoms with Crippen LogP contribution in [0.4, 0.5) is 0 Å². The zero-order chi connectivity index (χ0) is 51.3. The lowest BCUT2D eigenvalue weighted by Crippen LogP contribution is -2.28. The fourth-order valence-electron chi connectivity index (χ4n) is 9.15. The van der Waals surface area contributed by atoms with Gasteiger partial charge in [0.25, 0.3) is 0 Å². The second-order valence-corrected chi connectivity index (χ2v) is 20.8. The van der Waals surface area contributed by atoms with E-state index in [-0.39, 0.29) is 25.2 Å². The maximum absolute atomic E-state index is 12.3. The van der Waals surface area contributed by atoms with Gasteiger partial charge in [0.05, 0.1) is 6.61 Å². The van der Waals surface area contributed by atoms with Crippen molar-refractivity contribution in [3.05, 3.63) is 72.9 Å². The molecule has 0 rings (SSSR count). The highest BCUT2D eigenvalue weighted by Crippen LogP contribution is 2.18. The van der Waals surface area contributed by atoms with Gasteiger partial charge in [-0.1, -0.05) is 311 Å². The van der Waals surface area contributed by atoms with Crippen LogP contribution in [0.15, 0.2) is 72.9 Å². The van der Waals surface area contributed by atoms with Gasteiger partial charge in [0.15, 0.2) is 6.10 Å². The first-order valence-electron chi connectivity index (χ1n) is 31.0. The van der Waals surface area contributed by atoms with Crippen molar-refractivity contribution in [1.82, 2.24) is 0 Å². The second-order valence-electron chi connectivity index (χ2n) is 20.8. The van der Waals surface area contributed by atoms with E-state index in [1.807, 2.05) is 0 Å². The Kier molecular flexibility index (Phi) is 59.3. The molecule has 71 heavy (non-hydrogen) atoms. The number of esters is 2. The Morgan fingerprint density at radius 3 is 0.915 bits per heavy atom. The van der Waals surface area contributed by atoms with E-state index in [2.05, 4.69) is 86.8 Å². The van der Waals surface area contributed by atoms with Crippen LogP contribution >= 0.6 is 0 Å². The molecule has 0 bridgehead atoms. The second kappa shape index (κ2) is 61.6. The monoisotopic (exact) mass is 991 g/mol. The zero-order valence-corrected chi connectivity index (χ0v) is 47.2.